The Bertz CT molecular complexity index is 859. The number of hydrogen-bond donors (Lipinski definition) is 1. The molecule has 0 spiro atoms. The van der Waals surface area contributed by atoms with Crippen LogP contribution < -0.4 is 0 Å². The lowest BCUT2D eigenvalue weighted by atomic mass is 10.1. The number of halogens is 2. The zero-order chi connectivity index (χ0) is 16.6. The van der Waals surface area contributed by atoms with Gasteiger partial charge in [0.15, 0.2) is 5.44 Å². The van der Waals surface area contributed by atoms with Gasteiger partial charge < -0.3 is 14.2 Å². The fourth-order valence-electron chi connectivity index (χ4n) is 2.41. The molecule has 23 heavy (non-hydrogen) atoms. The van der Waals surface area contributed by atoms with E-state index >= 15 is 0 Å². The molecule has 1 unspecified atom stereocenters. The molecule has 120 valence electrons. The molecule has 2 heterocycles. The molecule has 8 heteroatoms. The number of fused-ring (bicyclic) bond motifs is 1. The number of aromatic nitrogens is 2. The van der Waals surface area contributed by atoms with Gasteiger partial charge in [0, 0.05) is 34.1 Å². The monoisotopic (exact) mass is 414 g/mol. The van der Waals surface area contributed by atoms with Crippen LogP contribution in [0.3, 0.4) is 0 Å². The molecule has 0 aliphatic carbocycles. The molecule has 0 bridgehead atoms. The Morgan fingerprint density at radius 2 is 2.30 bits per heavy atom. The van der Waals surface area contributed by atoms with Gasteiger partial charge in [0.25, 0.3) is 0 Å². The molecule has 0 aliphatic heterocycles. The van der Waals surface area contributed by atoms with Crippen molar-refractivity contribution >= 4 is 56.0 Å². The third kappa shape index (κ3) is 2.94. The fraction of sp³-hybridized carbons (Fsp3) is 0.200. The van der Waals surface area contributed by atoms with Crippen LogP contribution in [0.15, 0.2) is 33.5 Å². The van der Waals surface area contributed by atoms with Crippen molar-refractivity contribution in [1.82, 2.24) is 10.1 Å². The zero-order valence-electron chi connectivity index (χ0n) is 12.2. The highest BCUT2D eigenvalue weighted by atomic mass is 79.9. The number of carbonyl (C=O) groups excluding carboxylic acids is 1. The van der Waals surface area contributed by atoms with E-state index in [1.54, 1.807) is 12.1 Å². The maximum absolute atomic E-state index is 12.8. The summed E-state index contributed by atoms with van der Waals surface area (Å²) < 4.78 is 10.9. The second-order valence-electron chi connectivity index (χ2n) is 4.74. The molecule has 0 fully saturated rings. The van der Waals surface area contributed by atoms with Crippen molar-refractivity contribution in [2.24, 2.45) is 0 Å². The average molecular weight is 416 g/mol. The average Bonchev–Trinajstić information content (AvgIpc) is 3.16. The van der Waals surface area contributed by atoms with E-state index in [2.05, 4.69) is 26.1 Å². The van der Waals surface area contributed by atoms with Crippen LogP contribution in [0.5, 0.6) is 0 Å². The highest BCUT2D eigenvalue weighted by molar-refractivity contribution is 9.10. The van der Waals surface area contributed by atoms with Gasteiger partial charge in [-0.1, -0.05) is 16.8 Å². The number of nitrogens with zero attached hydrogens (tertiary/aromatic N) is 1. The quantitative estimate of drug-likeness (QED) is 0.481. The molecule has 0 saturated heterocycles. The van der Waals surface area contributed by atoms with Crippen LogP contribution in [0.2, 0.25) is 5.02 Å². The Morgan fingerprint density at radius 1 is 1.52 bits per heavy atom. The van der Waals surface area contributed by atoms with E-state index in [0.717, 1.165) is 15.4 Å². The van der Waals surface area contributed by atoms with Gasteiger partial charge in [-0.2, -0.15) is 0 Å². The van der Waals surface area contributed by atoms with Crippen molar-refractivity contribution in [2.75, 3.05) is 13.4 Å². The summed E-state index contributed by atoms with van der Waals surface area (Å²) in [5.41, 5.74) is 1.81. The van der Waals surface area contributed by atoms with Gasteiger partial charge in [-0.25, -0.2) is 0 Å². The predicted octanol–water partition coefficient (Wildman–Crippen LogP) is 4.76. The van der Waals surface area contributed by atoms with Gasteiger partial charge in [0.2, 0.25) is 5.78 Å². The van der Waals surface area contributed by atoms with Crippen LogP contribution in [0, 0.1) is 0 Å². The van der Waals surface area contributed by atoms with Crippen molar-refractivity contribution in [3.05, 3.63) is 39.7 Å². The third-order valence-corrected chi connectivity index (χ3v) is 5.45. The summed E-state index contributed by atoms with van der Waals surface area (Å²) in [4.78, 5) is 15.9. The number of rotatable bonds is 5. The number of aromatic amines is 1. The number of benzene rings is 1. The van der Waals surface area contributed by atoms with Gasteiger partial charge >= 0.3 is 0 Å². The molecule has 3 aromatic rings. The van der Waals surface area contributed by atoms with Crippen LogP contribution in [0.1, 0.15) is 10.5 Å². The Balaban J connectivity index is 2.28. The first-order valence-electron chi connectivity index (χ1n) is 6.58. The second kappa shape index (κ2) is 6.68. The number of ketones is 1. The van der Waals surface area contributed by atoms with Crippen LogP contribution >= 0.6 is 39.3 Å². The van der Waals surface area contributed by atoms with Gasteiger partial charge in [-0.3, -0.25) is 4.79 Å². The molecule has 0 aliphatic rings. The van der Waals surface area contributed by atoms with Crippen molar-refractivity contribution in [2.45, 2.75) is 5.44 Å². The number of H-pyrrole nitrogens is 1. The summed E-state index contributed by atoms with van der Waals surface area (Å²) in [6.45, 7) is 0. The normalized spacial score (nSPS) is 12.7. The first-order valence-corrected chi connectivity index (χ1v) is 9.04. The van der Waals surface area contributed by atoms with Crippen molar-refractivity contribution in [1.29, 1.82) is 0 Å². The van der Waals surface area contributed by atoms with E-state index in [4.69, 9.17) is 20.9 Å². The second-order valence-corrected chi connectivity index (χ2v) is 6.90. The highest BCUT2D eigenvalue weighted by Crippen LogP contribution is 2.37. The molecule has 0 amide bonds. The molecule has 3 rings (SSSR count). The summed E-state index contributed by atoms with van der Waals surface area (Å²) in [6, 6.07) is 5.33. The lowest BCUT2D eigenvalue weighted by molar-refractivity contribution is 0.0791. The van der Waals surface area contributed by atoms with Crippen molar-refractivity contribution < 1.29 is 14.1 Å². The molecule has 5 nitrogen and oxygen atoms in total. The summed E-state index contributed by atoms with van der Waals surface area (Å²) in [5, 5.41) is 5.31. The molecule has 0 saturated carbocycles. The Morgan fingerprint density at radius 3 is 2.91 bits per heavy atom. The van der Waals surface area contributed by atoms with Crippen LogP contribution in [-0.4, -0.2) is 34.7 Å². The largest absolute Gasteiger partial charge is 0.364 e. The van der Waals surface area contributed by atoms with Gasteiger partial charge in [-0.05, 0) is 34.3 Å². The number of thioether (sulfide) groups is 1. The Kier molecular flexibility index (Phi) is 4.82. The molecule has 1 aromatic carbocycles. The van der Waals surface area contributed by atoms with E-state index < -0.39 is 5.44 Å². The molecular formula is C15H12BrClN2O3S. The van der Waals surface area contributed by atoms with E-state index in [-0.39, 0.29) is 5.78 Å². The molecule has 1 atom stereocenters. The first kappa shape index (κ1) is 16.6. The summed E-state index contributed by atoms with van der Waals surface area (Å²) in [5.74, 6) is -0.165. The SMILES string of the molecule is COC(SC)C(=O)c1[nH]c2cc(Br)c(Cl)cc2c1-c1ccon1. The van der Waals surface area contributed by atoms with Crippen LogP contribution in [0.25, 0.3) is 22.2 Å². The maximum Gasteiger partial charge on any atom is 0.218 e. The number of hydrogen-bond acceptors (Lipinski definition) is 5. The fourth-order valence-corrected chi connectivity index (χ4v) is 3.44. The zero-order valence-corrected chi connectivity index (χ0v) is 15.4. The Labute approximate surface area is 149 Å². The van der Waals surface area contributed by atoms with E-state index in [9.17, 15) is 4.79 Å². The summed E-state index contributed by atoms with van der Waals surface area (Å²) in [6.07, 6.45) is 3.28. The van der Waals surface area contributed by atoms with E-state index in [0.29, 0.717) is 22.0 Å². The standard InChI is InChI=1S/C15H12BrClN2O3S/c1-21-15(23-2)14(20)13-12(10-3-4-22-19-10)7-5-9(17)8(16)6-11(7)18-13/h3-6,15,18H,1-2H3. The van der Waals surface area contributed by atoms with E-state index in [1.165, 1.54) is 25.1 Å². The molecular weight excluding hydrogens is 404 g/mol. The molecule has 0 radical (unpaired) electrons. The summed E-state index contributed by atoms with van der Waals surface area (Å²) >= 11 is 10.9. The minimum atomic E-state index is -0.604. The van der Waals surface area contributed by atoms with Gasteiger partial charge in [-0.15, -0.1) is 11.8 Å². The van der Waals surface area contributed by atoms with Crippen molar-refractivity contribution in [3.63, 3.8) is 0 Å². The predicted molar refractivity (Wildman–Crippen MR) is 95.1 cm³/mol. The molecule has 1 N–H and O–H groups in total. The van der Waals surface area contributed by atoms with Crippen LogP contribution in [0.4, 0.5) is 0 Å². The number of carbonyl (C=O) groups is 1. The topological polar surface area (TPSA) is 68.1 Å². The van der Waals surface area contributed by atoms with E-state index in [1.807, 2.05) is 12.3 Å². The first-order chi connectivity index (χ1) is 11.1. The lowest BCUT2D eigenvalue weighted by Crippen LogP contribution is -2.20. The maximum atomic E-state index is 12.8. The number of methoxy groups -OCH3 is 1. The Hall–Kier alpha value is -1.28. The molecule has 2 aromatic heterocycles. The third-order valence-electron chi connectivity index (χ3n) is 3.42. The van der Waals surface area contributed by atoms with Crippen LogP contribution in [-0.2, 0) is 4.74 Å². The van der Waals surface area contributed by atoms with Gasteiger partial charge in [0.1, 0.15) is 12.0 Å². The number of Topliss-reactive ketones (excluding diaryl/α,β-unsaturated/α-hetero) is 1. The lowest BCUT2D eigenvalue weighted by Gasteiger charge is -2.10. The number of ether oxygens (including phenoxy) is 1. The van der Waals surface area contributed by atoms with Gasteiger partial charge in [0.05, 0.1) is 10.7 Å². The minimum absolute atomic E-state index is 0.165. The van der Waals surface area contributed by atoms with Crippen molar-refractivity contribution in [3.8, 4) is 11.3 Å². The number of nitrogens with one attached hydrogen (secondary N) is 1. The smallest absolute Gasteiger partial charge is 0.218 e. The highest BCUT2D eigenvalue weighted by Gasteiger charge is 2.27. The summed E-state index contributed by atoms with van der Waals surface area (Å²) in [7, 11) is 1.50. The minimum Gasteiger partial charge on any atom is -0.364 e.